The van der Waals surface area contributed by atoms with Gasteiger partial charge in [-0.3, -0.25) is 9.59 Å². The Morgan fingerprint density at radius 2 is 1.50 bits per heavy atom. The number of carbonyl (C=O) groups excluding carboxylic acids is 2. The number of hydrogen-bond donors (Lipinski definition) is 1. The van der Waals surface area contributed by atoms with Crippen molar-refractivity contribution < 1.29 is 9.59 Å². The van der Waals surface area contributed by atoms with Gasteiger partial charge in [0.15, 0.2) is 11.2 Å². The van der Waals surface area contributed by atoms with Crippen LogP contribution >= 0.6 is 11.8 Å². The molecule has 0 heterocycles. The first-order chi connectivity index (χ1) is 2.41. The van der Waals surface area contributed by atoms with E-state index in [4.69, 9.17) is 9.59 Å². The minimum Gasteiger partial charge on any atom is -0.344 e. The van der Waals surface area contributed by atoms with E-state index < -0.39 is 0 Å². The summed E-state index contributed by atoms with van der Waals surface area (Å²) in [5.74, 6) is 0. The third-order valence-electron chi connectivity index (χ3n) is 0.111. The molecule has 0 amide bonds. The van der Waals surface area contributed by atoms with E-state index in [0.29, 0.717) is 23.0 Å². The normalized spacial score (nSPS) is 5.33. The van der Waals surface area contributed by atoms with Crippen LogP contribution in [0.2, 0.25) is 0 Å². The van der Waals surface area contributed by atoms with E-state index in [-0.39, 0.29) is 6.15 Å². The lowest BCUT2D eigenvalue weighted by molar-refractivity contribution is 0.567. The van der Waals surface area contributed by atoms with Crippen molar-refractivity contribution in [1.82, 2.24) is 6.15 Å². The molecule has 0 spiro atoms. The summed E-state index contributed by atoms with van der Waals surface area (Å²) < 4.78 is 0. The zero-order chi connectivity index (χ0) is 4.12. The smallest absolute Gasteiger partial charge is 0.183 e. The average molecular weight is 107 g/mol. The highest BCUT2D eigenvalue weighted by atomic mass is 32.2. The Balaban J connectivity index is 0. The molecule has 36 valence electrons. The fourth-order valence-electron chi connectivity index (χ4n) is 0.0227. The van der Waals surface area contributed by atoms with Crippen molar-refractivity contribution in [2.45, 2.75) is 0 Å². The van der Waals surface area contributed by atoms with Gasteiger partial charge < -0.3 is 6.15 Å². The Kier molecular flexibility index (Phi) is 13.5. The molecule has 3 N–H and O–H groups in total. The zero-order valence-electron chi connectivity index (χ0n) is 3.09. The van der Waals surface area contributed by atoms with Crippen molar-refractivity contribution in [3.8, 4) is 0 Å². The van der Waals surface area contributed by atoms with Gasteiger partial charge >= 0.3 is 0 Å². The van der Waals surface area contributed by atoms with Crippen LogP contribution < -0.4 is 6.15 Å². The minimum absolute atomic E-state index is 0. The summed E-state index contributed by atoms with van der Waals surface area (Å²) in [6.07, 6.45) is 0. The van der Waals surface area contributed by atoms with Crippen molar-refractivity contribution >= 4 is 23.0 Å². The highest BCUT2D eigenvalue weighted by Gasteiger charge is 1.64. The van der Waals surface area contributed by atoms with E-state index in [1.165, 1.54) is 0 Å². The number of rotatable bonds is 2. The van der Waals surface area contributed by atoms with Gasteiger partial charge in [-0.2, -0.15) is 0 Å². The molecule has 0 saturated heterocycles. The van der Waals surface area contributed by atoms with E-state index in [0.717, 1.165) is 0 Å². The second kappa shape index (κ2) is 8.82. The van der Waals surface area contributed by atoms with Gasteiger partial charge in [0.05, 0.1) is 0 Å². The molecule has 0 radical (unpaired) electrons. The third kappa shape index (κ3) is 9.41. The first-order valence-corrected chi connectivity index (χ1v) is 1.89. The molecule has 0 saturated carbocycles. The molecule has 0 aliphatic heterocycles. The lowest BCUT2D eigenvalue weighted by Crippen LogP contribution is -1.54. The maximum atomic E-state index is 9.14. The maximum absolute atomic E-state index is 9.14. The molecule has 0 aromatic heterocycles. The van der Waals surface area contributed by atoms with Crippen LogP contribution in [0.15, 0.2) is 0 Å². The lowest BCUT2D eigenvalue weighted by Gasteiger charge is -1.54. The van der Waals surface area contributed by atoms with E-state index in [1.54, 1.807) is 0 Å². The standard InChI is InChI=1S/C2H2O2S.H3N/c3-1-5-2-4;/h1-2H;1H3. The van der Waals surface area contributed by atoms with E-state index >= 15 is 0 Å². The molecule has 4 heteroatoms. The summed E-state index contributed by atoms with van der Waals surface area (Å²) >= 11 is 0.602. The number of carbonyl (C=O) groups is 2. The van der Waals surface area contributed by atoms with E-state index in [2.05, 4.69) is 0 Å². The van der Waals surface area contributed by atoms with Gasteiger partial charge in [-0.25, -0.2) is 0 Å². The second-order valence-corrected chi connectivity index (χ2v) is 0.986. The topological polar surface area (TPSA) is 69.1 Å². The molecule has 3 nitrogen and oxygen atoms in total. The molecule has 0 unspecified atom stereocenters. The van der Waals surface area contributed by atoms with Gasteiger partial charge in [-0.15, -0.1) is 0 Å². The zero-order valence-corrected chi connectivity index (χ0v) is 3.90. The monoisotopic (exact) mass is 107 g/mol. The summed E-state index contributed by atoms with van der Waals surface area (Å²) in [4.78, 5) is 18.3. The third-order valence-corrected chi connectivity index (χ3v) is 0.333. The molecule has 0 rings (SSSR count). The van der Waals surface area contributed by atoms with Crippen LogP contribution in [0.3, 0.4) is 0 Å². The van der Waals surface area contributed by atoms with Crippen LogP contribution in [-0.4, -0.2) is 11.2 Å². The lowest BCUT2D eigenvalue weighted by atomic mass is 11.8. The molecule has 0 aromatic rings. The fraction of sp³-hybridized carbons (Fsp3) is 0. The first-order valence-electron chi connectivity index (χ1n) is 0.943. The molecule has 0 bridgehead atoms. The van der Waals surface area contributed by atoms with Crippen molar-refractivity contribution in [3.05, 3.63) is 0 Å². The summed E-state index contributed by atoms with van der Waals surface area (Å²) in [7, 11) is 0. The van der Waals surface area contributed by atoms with E-state index in [1.807, 2.05) is 0 Å². The number of thioether (sulfide) groups is 1. The van der Waals surface area contributed by atoms with Crippen molar-refractivity contribution in [3.63, 3.8) is 0 Å². The van der Waals surface area contributed by atoms with Crippen LogP contribution in [0, 0.1) is 0 Å². The summed E-state index contributed by atoms with van der Waals surface area (Å²) in [5.41, 5.74) is 0.958. The quantitative estimate of drug-likeness (QED) is 0.514. The molecule has 0 aromatic carbocycles. The molecule has 0 atom stereocenters. The van der Waals surface area contributed by atoms with Gasteiger partial charge in [-0.1, -0.05) is 0 Å². The summed E-state index contributed by atoms with van der Waals surface area (Å²) in [5, 5.41) is 0. The van der Waals surface area contributed by atoms with Gasteiger partial charge in [0.1, 0.15) is 0 Å². The van der Waals surface area contributed by atoms with Gasteiger partial charge in [-0.05, 0) is 11.8 Å². The highest BCUT2D eigenvalue weighted by Crippen LogP contribution is 1.77. The van der Waals surface area contributed by atoms with Crippen molar-refractivity contribution in [2.75, 3.05) is 0 Å². The predicted octanol–water partition coefficient (Wildman–Crippen LogP) is 0.262. The Hall–Kier alpha value is -0.350. The van der Waals surface area contributed by atoms with Crippen LogP contribution in [0.1, 0.15) is 0 Å². The summed E-state index contributed by atoms with van der Waals surface area (Å²) in [6, 6.07) is 0. The van der Waals surface area contributed by atoms with Crippen LogP contribution in [0.4, 0.5) is 0 Å². The van der Waals surface area contributed by atoms with E-state index in [9.17, 15) is 0 Å². The van der Waals surface area contributed by atoms with Crippen molar-refractivity contribution in [2.24, 2.45) is 0 Å². The first kappa shape index (κ1) is 9.17. The Bertz CT molecular complexity index is 40.8. The Labute approximate surface area is 39.7 Å². The van der Waals surface area contributed by atoms with Gasteiger partial charge in [0, 0.05) is 0 Å². The predicted molar refractivity (Wildman–Crippen MR) is 26.1 cm³/mol. The molecular formula is C2H5NO2S. The summed E-state index contributed by atoms with van der Waals surface area (Å²) in [6.45, 7) is 0. The molecule has 0 aliphatic rings. The Morgan fingerprint density at radius 1 is 1.17 bits per heavy atom. The van der Waals surface area contributed by atoms with Crippen LogP contribution in [0.25, 0.3) is 0 Å². The van der Waals surface area contributed by atoms with Gasteiger partial charge in [0.2, 0.25) is 0 Å². The minimum atomic E-state index is 0. The highest BCUT2D eigenvalue weighted by molar-refractivity contribution is 8.23. The molecule has 0 fully saturated rings. The fourth-order valence-corrected chi connectivity index (χ4v) is 0.0680. The van der Waals surface area contributed by atoms with Crippen molar-refractivity contribution in [1.29, 1.82) is 0 Å². The molecular weight excluding hydrogens is 102 g/mol. The van der Waals surface area contributed by atoms with Gasteiger partial charge in [0.25, 0.3) is 0 Å². The largest absolute Gasteiger partial charge is 0.344 e. The molecule has 6 heavy (non-hydrogen) atoms. The Morgan fingerprint density at radius 3 is 1.50 bits per heavy atom. The molecule has 0 aliphatic carbocycles. The van der Waals surface area contributed by atoms with Crippen LogP contribution in [0.5, 0.6) is 0 Å². The van der Waals surface area contributed by atoms with Crippen LogP contribution in [-0.2, 0) is 9.59 Å². The maximum Gasteiger partial charge on any atom is 0.183 e. The average Bonchev–Trinajstić information content (AvgIpc) is 1.41. The SMILES string of the molecule is N.O=CSC=O. The second-order valence-electron chi connectivity index (χ2n) is 0.329. The number of hydrogen-bond acceptors (Lipinski definition) is 4.